The number of carbonyl (C=O) groups excluding carboxylic acids is 4. The summed E-state index contributed by atoms with van der Waals surface area (Å²) in [6, 6.07) is 16.1. The number of carboxylic acids is 2. The van der Waals surface area contributed by atoms with Crippen LogP contribution < -0.4 is 4.74 Å². The molecule has 2 aliphatic rings. The maximum atomic E-state index is 12.8. The van der Waals surface area contributed by atoms with Crippen LogP contribution in [0.15, 0.2) is 98.1 Å². The van der Waals surface area contributed by atoms with Gasteiger partial charge in [-0.1, -0.05) is 93.3 Å². The minimum atomic E-state index is -1.05. The van der Waals surface area contributed by atoms with Crippen LogP contribution >= 0.6 is 0 Å². The third-order valence-corrected chi connectivity index (χ3v) is 9.96. The predicted molar refractivity (Wildman–Crippen MR) is 215 cm³/mol. The standard InChI is InChI=1S/C30H34O7.C15H20O7/c1-5-27(31)36-19-24(37-29(34)26-9-7-6-8-25(26)28(32)33)18-35-23-16-14-22(15-17-23)30(3,4)21-12-10-20(2)11-13-21;1-3-13(16)21-9-10(8-20-2)22-15(19)12-7-5-4-6-11(12)14(17)18/h5-7,10-17,24-26H,1,8-9,18-19H2,2-4H3,(H,32,33);3-5,10-12H,1,6-9H2,2H3,(H,17,18). The third-order valence-electron chi connectivity index (χ3n) is 9.96. The predicted octanol–water partition coefficient (Wildman–Crippen LogP) is 5.95. The highest BCUT2D eigenvalue weighted by molar-refractivity contribution is 5.83. The molecule has 2 N–H and O–H groups in total. The Bertz CT molecular complexity index is 1830. The van der Waals surface area contributed by atoms with E-state index in [1.807, 2.05) is 24.3 Å². The molecule has 0 saturated carbocycles. The number of aryl methyl sites for hydroxylation is 1. The van der Waals surface area contributed by atoms with Crippen molar-refractivity contribution in [3.8, 4) is 5.75 Å². The maximum absolute atomic E-state index is 12.8. The fourth-order valence-corrected chi connectivity index (χ4v) is 6.38. The molecule has 0 radical (unpaired) electrons. The van der Waals surface area contributed by atoms with Gasteiger partial charge in [0.05, 0.1) is 30.3 Å². The Morgan fingerprint density at radius 3 is 1.42 bits per heavy atom. The lowest BCUT2D eigenvalue weighted by atomic mass is 9.78. The lowest BCUT2D eigenvalue weighted by Crippen LogP contribution is -2.37. The van der Waals surface area contributed by atoms with Crippen LogP contribution in [0.5, 0.6) is 5.75 Å². The molecule has 4 rings (SSSR count). The highest BCUT2D eigenvalue weighted by Crippen LogP contribution is 2.33. The van der Waals surface area contributed by atoms with Gasteiger partial charge in [-0.05, 0) is 55.9 Å². The molecule has 0 fully saturated rings. The van der Waals surface area contributed by atoms with E-state index < -0.39 is 71.7 Å². The van der Waals surface area contributed by atoms with E-state index in [-0.39, 0.29) is 51.1 Å². The number of hydrogen-bond donors (Lipinski definition) is 2. The number of carbonyl (C=O) groups is 6. The molecule has 14 heteroatoms. The van der Waals surface area contributed by atoms with Crippen molar-refractivity contribution in [2.45, 2.75) is 64.1 Å². The van der Waals surface area contributed by atoms with Gasteiger partial charge in [-0.25, -0.2) is 9.59 Å². The SMILES string of the molecule is C=CC(=O)OCC(COC)OC(=O)C1CC=CCC1C(=O)O.C=CC(=O)OCC(COc1ccc(C(C)(C)c2ccc(C)cc2)cc1)OC(=O)C1CC=CCC1C(=O)O. The Morgan fingerprint density at radius 2 is 1.03 bits per heavy atom. The average Bonchev–Trinajstić information content (AvgIpc) is 3.23. The van der Waals surface area contributed by atoms with Crippen molar-refractivity contribution in [2.75, 3.05) is 33.5 Å². The van der Waals surface area contributed by atoms with E-state index in [0.717, 1.165) is 17.7 Å². The second-order valence-electron chi connectivity index (χ2n) is 14.6. The zero-order valence-electron chi connectivity index (χ0n) is 33.9. The number of benzene rings is 2. The molecule has 0 spiro atoms. The van der Waals surface area contributed by atoms with Crippen LogP contribution in [-0.4, -0.2) is 91.8 Å². The number of methoxy groups -OCH3 is 1. The van der Waals surface area contributed by atoms with Crippen molar-refractivity contribution in [1.82, 2.24) is 0 Å². The second-order valence-corrected chi connectivity index (χ2v) is 14.6. The van der Waals surface area contributed by atoms with Crippen molar-refractivity contribution in [3.63, 3.8) is 0 Å². The summed E-state index contributed by atoms with van der Waals surface area (Å²) in [5, 5.41) is 18.6. The highest BCUT2D eigenvalue weighted by atomic mass is 16.6. The van der Waals surface area contributed by atoms with Gasteiger partial charge in [0.25, 0.3) is 0 Å². The quantitative estimate of drug-likeness (QED) is 0.0730. The van der Waals surface area contributed by atoms with Crippen LogP contribution in [0.3, 0.4) is 0 Å². The van der Waals surface area contributed by atoms with Gasteiger partial charge in [-0.2, -0.15) is 0 Å². The molecule has 0 amide bonds. The summed E-state index contributed by atoms with van der Waals surface area (Å²) in [5.74, 6) is -7.35. The summed E-state index contributed by atoms with van der Waals surface area (Å²) in [6.45, 7) is 12.5. The van der Waals surface area contributed by atoms with Crippen LogP contribution in [0.2, 0.25) is 0 Å². The molecular weight excluding hydrogens is 764 g/mol. The van der Waals surface area contributed by atoms with E-state index >= 15 is 0 Å². The van der Waals surface area contributed by atoms with Gasteiger partial charge < -0.3 is 38.6 Å². The molecule has 0 aromatic heterocycles. The zero-order valence-corrected chi connectivity index (χ0v) is 33.9. The minimum absolute atomic E-state index is 0.0382. The Morgan fingerprint density at radius 1 is 0.644 bits per heavy atom. The summed E-state index contributed by atoms with van der Waals surface area (Å²) in [6.07, 6.45) is 8.45. The Balaban J connectivity index is 0.000000361. The van der Waals surface area contributed by atoms with E-state index in [2.05, 4.69) is 58.2 Å². The number of carboxylic acid groups (broad SMARTS) is 2. The lowest BCUT2D eigenvalue weighted by Gasteiger charge is -2.27. The van der Waals surface area contributed by atoms with E-state index in [1.165, 1.54) is 18.2 Å². The molecule has 2 aromatic carbocycles. The van der Waals surface area contributed by atoms with Gasteiger partial charge in [0.15, 0.2) is 12.2 Å². The van der Waals surface area contributed by atoms with Gasteiger partial charge >= 0.3 is 35.8 Å². The minimum Gasteiger partial charge on any atom is -0.490 e. The van der Waals surface area contributed by atoms with Gasteiger partial charge in [0, 0.05) is 24.7 Å². The number of rotatable bonds is 19. The molecule has 0 heterocycles. The maximum Gasteiger partial charge on any atom is 0.330 e. The molecule has 0 saturated heterocycles. The van der Waals surface area contributed by atoms with Crippen LogP contribution in [0.1, 0.15) is 56.2 Å². The van der Waals surface area contributed by atoms with Crippen molar-refractivity contribution in [3.05, 3.63) is 115 Å². The molecule has 0 bridgehead atoms. The molecule has 318 valence electrons. The number of esters is 4. The smallest absolute Gasteiger partial charge is 0.330 e. The van der Waals surface area contributed by atoms with Crippen LogP contribution in [0.4, 0.5) is 0 Å². The first-order valence-electron chi connectivity index (χ1n) is 19.2. The van der Waals surface area contributed by atoms with Crippen molar-refractivity contribution in [1.29, 1.82) is 0 Å². The third kappa shape index (κ3) is 14.7. The highest BCUT2D eigenvalue weighted by Gasteiger charge is 2.37. The van der Waals surface area contributed by atoms with Crippen molar-refractivity contribution >= 4 is 35.8 Å². The molecule has 14 nitrogen and oxygen atoms in total. The van der Waals surface area contributed by atoms with E-state index in [1.54, 1.807) is 24.3 Å². The molecule has 6 unspecified atom stereocenters. The largest absolute Gasteiger partial charge is 0.490 e. The summed E-state index contributed by atoms with van der Waals surface area (Å²) < 4.78 is 31.5. The Labute approximate surface area is 344 Å². The summed E-state index contributed by atoms with van der Waals surface area (Å²) in [5.41, 5.74) is 3.30. The first-order chi connectivity index (χ1) is 28.1. The van der Waals surface area contributed by atoms with Crippen LogP contribution in [0, 0.1) is 30.6 Å². The number of aliphatic carboxylic acids is 2. The van der Waals surface area contributed by atoms with E-state index in [4.69, 9.17) is 33.5 Å². The lowest BCUT2D eigenvalue weighted by molar-refractivity contribution is -0.168. The molecular formula is C45H54O14. The molecule has 2 aliphatic carbocycles. The summed E-state index contributed by atoms with van der Waals surface area (Å²) >= 11 is 0. The molecule has 59 heavy (non-hydrogen) atoms. The van der Waals surface area contributed by atoms with Crippen molar-refractivity contribution in [2.24, 2.45) is 23.7 Å². The van der Waals surface area contributed by atoms with Gasteiger partial charge in [0.1, 0.15) is 25.6 Å². The van der Waals surface area contributed by atoms with Gasteiger partial charge in [0.2, 0.25) is 0 Å². The van der Waals surface area contributed by atoms with Crippen LogP contribution in [0.25, 0.3) is 0 Å². The summed E-state index contributed by atoms with van der Waals surface area (Å²) in [7, 11) is 1.42. The number of ether oxygens (including phenoxy) is 6. The normalized spacial score (nSPS) is 19.3. The molecule has 0 aliphatic heterocycles. The molecule has 2 aromatic rings. The molecule has 6 atom stereocenters. The Hall–Kier alpha value is -6.02. The second kappa shape index (κ2) is 23.4. The summed E-state index contributed by atoms with van der Waals surface area (Å²) in [4.78, 5) is 70.4. The van der Waals surface area contributed by atoms with E-state index in [9.17, 15) is 33.9 Å². The first-order valence-corrected chi connectivity index (χ1v) is 19.2. The zero-order chi connectivity index (χ0) is 43.5. The monoisotopic (exact) mass is 818 g/mol. The topological polar surface area (TPSA) is 198 Å². The van der Waals surface area contributed by atoms with Crippen molar-refractivity contribution < 1.29 is 67.4 Å². The first kappa shape index (κ1) is 47.4. The number of hydrogen-bond acceptors (Lipinski definition) is 12. The fourth-order valence-electron chi connectivity index (χ4n) is 6.38. The van der Waals surface area contributed by atoms with Gasteiger partial charge in [-0.3, -0.25) is 19.2 Å². The average molecular weight is 819 g/mol. The fraction of sp³-hybridized carbons (Fsp3) is 0.422. The van der Waals surface area contributed by atoms with E-state index in [0.29, 0.717) is 12.2 Å². The number of allylic oxidation sites excluding steroid dienone is 4. The van der Waals surface area contributed by atoms with Crippen LogP contribution in [-0.2, 0) is 57.9 Å². The Kier molecular flexibility index (Phi) is 18.8. The van der Waals surface area contributed by atoms with Gasteiger partial charge in [-0.15, -0.1) is 0 Å².